The van der Waals surface area contributed by atoms with Gasteiger partial charge in [-0.05, 0) is 36.4 Å². The van der Waals surface area contributed by atoms with Gasteiger partial charge in [-0.15, -0.1) is 0 Å². The summed E-state index contributed by atoms with van der Waals surface area (Å²) in [6.07, 6.45) is 0. The zero-order valence-electron chi connectivity index (χ0n) is 14.3. The van der Waals surface area contributed by atoms with Gasteiger partial charge in [0.05, 0.1) is 18.2 Å². The normalized spacial score (nSPS) is 13.0. The van der Waals surface area contributed by atoms with Crippen LogP contribution in [0.5, 0.6) is 11.5 Å². The number of alkyl halides is 2. The molecule has 140 valence electrons. The van der Waals surface area contributed by atoms with Crippen LogP contribution in [-0.4, -0.2) is 43.4 Å². The monoisotopic (exact) mass is 376 g/mol. The fourth-order valence-electron chi connectivity index (χ4n) is 2.64. The summed E-state index contributed by atoms with van der Waals surface area (Å²) in [4.78, 5) is 37.3. The SMILES string of the molecule is COc1cc(C(=O)Nc2ccc3c(c2)C(=O)N(C)C3=O)ccc1OC(F)F. The number of hydrogen-bond donors (Lipinski definition) is 1. The Morgan fingerprint density at radius 2 is 1.74 bits per heavy atom. The molecule has 3 rings (SSSR count). The molecule has 0 saturated carbocycles. The number of amides is 3. The van der Waals surface area contributed by atoms with Gasteiger partial charge in [-0.2, -0.15) is 8.78 Å². The summed E-state index contributed by atoms with van der Waals surface area (Å²) in [6.45, 7) is -3.02. The molecule has 0 bridgehead atoms. The number of methoxy groups -OCH3 is 1. The molecular formula is C18H14F2N2O5. The summed E-state index contributed by atoms with van der Waals surface area (Å²) in [5.74, 6) is -1.65. The second-order valence-electron chi connectivity index (χ2n) is 5.63. The van der Waals surface area contributed by atoms with Crippen molar-refractivity contribution >= 4 is 23.4 Å². The number of nitrogens with zero attached hydrogens (tertiary/aromatic N) is 1. The quantitative estimate of drug-likeness (QED) is 0.811. The lowest BCUT2D eigenvalue weighted by Crippen LogP contribution is -2.24. The van der Waals surface area contributed by atoms with E-state index in [1.807, 2.05) is 0 Å². The maximum atomic E-state index is 12.4. The van der Waals surface area contributed by atoms with Crippen LogP contribution < -0.4 is 14.8 Å². The first-order valence-corrected chi connectivity index (χ1v) is 7.72. The smallest absolute Gasteiger partial charge is 0.387 e. The molecule has 0 saturated heterocycles. The highest BCUT2D eigenvalue weighted by Gasteiger charge is 2.32. The summed E-state index contributed by atoms with van der Waals surface area (Å²) in [5, 5.41) is 2.58. The molecule has 1 heterocycles. The summed E-state index contributed by atoms with van der Waals surface area (Å²) in [7, 11) is 2.63. The van der Waals surface area contributed by atoms with E-state index in [1.54, 1.807) is 0 Å². The third-order valence-corrected chi connectivity index (χ3v) is 3.99. The lowest BCUT2D eigenvalue weighted by atomic mass is 10.1. The standard InChI is InChI=1S/C18H14F2N2O5/c1-22-16(24)11-5-4-10(8-12(11)17(22)25)21-15(23)9-3-6-13(27-18(19)20)14(7-9)26-2/h3-8,18H,1-2H3,(H,21,23). The van der Waals surface area contributed by atoms with E-state index in [4.69, 9.17) is 4.74 Å². The van der Waals surface area contributed by atoms with Gasteiger partial charge in [-0.1, -0.05) is 0 Å². The Balaban J connectivity index is 1.82. The number of hydrogen-bond acceptors (Lipinski definition) is 5. The Bertz CT molecular complexity index is 945. The highest BCUT2D eigenvalue weighted by molar-refractivity contribution is 6.21. The molecule has 0 fully saturated rings. The number of rotatable bonds is 5. The van der Waals surface area contributed by atoms with Crippen LogP contribution in [0.1, 0.15) is 31.1 Å². The lowest BCUT2D eigenvalue weighted by Gasteiger charge is -2.12. The van der Waals surface area contributed by atoms with Crippen LogP contribution in [0.3, 0.4) is 0 Å². The predicted molar refractivity (Wildman–Crippen MR) is 90.4 cm³/mol. The number of nitrogens with one attached hydrogen (secondary N) is 1. The maximum Gasteiger partial charge on any atom is 0.387 e. The molecule has 1 aliphatic heterocycles. The Labute approximate surface area is 152 Å². The van der Waals surface area contributed by atoms with Crippen molar-refractivity contribution in [1.29, 1.82) is 0 Å². The van der Waals surface area contributed by atoms with E-state index in [9.17, 15) is 23.2 Å². The summed E-state index contributed by atoms with van der Waals surface area (Å²) in [5.41, 5.74) is 0.893. The van der Waals surface area contributed by atoms with E-state index in [-0.39, 0.29) is 28.2 Å². The van der Waals surface area contributed by atoms with Crippen LogP contribution in [-0.2, 0) is 0 Å². The molecule has 0 aliphatic carbocycles. The molecule has 0 spiro atoms. The number of ether oxygens (including phenoxy) is 2. The Kier molecular flexibility index (Phi) is 4.76. The largest absolute Gasteiger partial charge is 0.493 e. The fourth-order valence-corrected chi connectivity index (χ4v) is 2.64. The van der Waals surface area contributed by atoms with Crippen LogP contribution in [0.15, 0.2) is 36.4 Å². The fraction of sp³-hybridized carbons (Fsp3) is 0.167. The Morgan fingerprint density at radius 1 is 1.04 bits per heavy atom. The highest BCUT2D eigenvalue weighted by atomic mass is 19.3. The summed E-state index contributed by atoms with van der Waals surface area (Å²) >= 11 is 0. The molecule has 1 N–H and O–H groups in total. The van der Waals surface area contributed by atoms with E-state index in [0.29, 0.717) is 5.69 Å². The molecule has 0 atom stereocenters. The van der Waals surface area contributed by atoms with Gasteiger partial charge in [-0.3, -0.25) is 19.3 Å². The van der Waals surface area contributed by atoms with Crippen molar-refractivity contribution in [2.75, 3.05) is 19.5 Å². The zero-order chi connectivity index (χ0) is 19.7. The topological polar surface area (TPSA) is 84.9 Å². The second-order valence-corrected chi connectivity index (χ2v) is 5.63. The number of anilines is 1. The summed E-state index contributed by atoms with van der Waals surface area (Å²) in [6, 6.07) is 8.10. The van der Waals surface area contributed by atoms with Crippen molar-refractivity contribution < 1.29 is 32.6 Å². The molecule has 27 heavy (non-hydrogen) atoms. The van der Waals surface area contributed by atoms with E-state index >= 15 is 0 Å². The van der Waals surface area contributed by atoms with Crippen LogP contribution in [0.25, 0.3) is 0 Å². The molecule has 1 aliphatic rings. The van der Waals surface area contributed by atoms with E-state index in [2.05, 4.69) is 10.1 Å². The molecular weight excluding hydrogens is 362 g/mol. The number of carbonyl (C=O) groups excluding carboxylic acids is 3. The molecule has 0 unspecified atom stereocenters. The van der Waals surface area contributed by atoms with Crippen molar-refractivity contribution in [3.8, 4) is 11.5 Å². The van der Waals surface area contributed by atoms with Crippen molar-refractivity contribution in [2.45, 2.75) is 6.61 Å². The van der Waals surface area contributed by atoms with Crippen LogP contribution in [0.2, 0.25) is 0 Å². The van der Waals surface area contributed by atoms with Crippen molar-refractivity contribution in [2.24, 2.45) is 0 Å². The van der Waals surface area contributed by atoms with Gasteiger partial charge in [0, 0.05) is 18.3 Å². The van der Waals surface area contributed by atoms with Gasteiger partial charge in [0.15, 0.2) is 11.5 Å². The number of carbonyl (C=O) groups is 3. The van der Waals surface area contributed by atoms with Gasteiger partial charge in [0.25, 0.3) is 17.7 Å². The Morgan fingerprint density at radius 3 is 2.41 bits per heavy atom. The predicted octanol–water partition coefficient (Wildman–Crippen LogP) is 2.77. The van der Waals surface area contributed by atoms with Crippen LogP contribution in [0, 0.1) is 0 Å². The van der Waals surface area contributed by atoms with E-state index in [0.717, 1.165) is 4.90 Å². The average molecular weight is 376 g/mol. The van der Waals surface area contributed by atoms with Gasteiger partial charge in [-0.25, -0.2) is 0 Å². The molecule has 2 aromatic rings. The third-order valence-electron chi connectivity index (χ3n) is 3.99. The van der Waals surface area contributed by atoms with Crippen LogP contribution in [0.4, 0.5) is 14.5 Å². The molecule has 7 nitrogen and oxygen atoms in total. The van der Waals surface area contributed by atoms with Crippen molar-refractivity contribution in [3.05, 3.63) is 53.1 Å². The molecule has 3 amide bonds. The number of benzene rings is 2. The van der Waals surface area contributed by atoms with Crippen molar-refractivity contribution in [1.82, 2.24) is 4.90 Å². The first-order chi connectivity index (χ1) is 12.8. The van der Waals surface area contributed by atoms with E-state index in [1.165, 1.54) is 50.6 Å². The zero-order valence-corrected chi connectivity index (χ0v) is 14.3. The highest BCUT2D eigenvalue weighted by Crippen LogP contribution is 2.30. The van der Waals surface area contributed by atoms with Gasteiger partial charge in [0.2, 0.25) is 0 Å². The van der Waals surface area contributed by atoms with E-state index < -0.39 is 24.3 Å². The minimum Gasteiger partial charge on any atom is -0.493 e. The molecule has 0 aromatic heterocycles. The number of halogens is 2. The first-order valence-electron chi connectivity index (χ1n) is 7.72. The molecule has 0 radical (unpaired) electrons. The lowest BCUT2D eigenvalue weighted by molar-refractivity contribution is -0.0512. The Hall–Kier alpha value is -3.49. The van der Waals surface area contributed by atoms with Gasteiger partial charge in [0.1, 0.15) is 0 Å². The van der Waals surface area contributed by atoms with Crippen molar-refractivity contribution in [3.63, 3.8) is 0 Å². The molecule has 2 aromatic carbocycles. The number of fused-ring (bicyclic) bond motifs is 1. The summed E-state index contributed by atoms with van der Waals surface area (Å²) < 4.78 is 34.0. The maximum absolute atomic E-state index is 12.4. The van der Waals surface area contributed by atoms with Gasteiger partial charge >= 0.3 is 6.61 Å². The third kappa shape index (κ3) is 3.43. The second kappa shape index (κ2) is 7.02. The first kappa shape index (κ1) is 18.3. The minimum absolute atomic E-state index is 0.0284. The minimum atomic E-state index is -3.02. The van der Waals surface area contributed by atoms with Crippen LogP contribution >= 0.6 is 0 Å². The van der Waals surface area contributed by atoms with Gasteiger partial charge < -0.3 is 14.8 Å². The number of imide groups is 1. The molecule has 9 heteroatoms. The average Bonchev–Trinajstić information content (AvgIpc) is 2.85.